The molecule has 0 bridgehead atoms. The highest BCUT2D eigenvalue weighted by Crippen LogP contribution is 2.11. The number of amides is 1. The molecule has 0 saturated carbocycles. The van der Waals surface area contributed by atoms with E-state index < -0.39 is 0 Å². The van der Waals surface area contributed by atoms with Crippen molar-refractivity contribution in [3.05, 3.63) is 30.4 Å². The standard InChI is InChI=1S/C10H13N5O/c1-14-5-7(11)3-9(14)10(16)13-8-4-12-15(2)6-8/h3-6H,11H2,1-2H3,(H,13,16). The zero-order valence-corrected chi connectivity index (χ0v) is 9.14. The molecule has 2 aromatic rings. The van der Waals surface area contributed by atoms with Gasteiger partial charge in [0.1, 0.15) is 5.69 Å². The van der Waals surface area contributed by atoms with Crippen LogP contribution in [0.1, 0.15) is 10.5 Å². The van der Waals surface area contributed by atoms with Crippen molar-refractivity contribution in [2.45, 2.75) is 0 Å². The number of carbonyl (C=O) groups is 1. The van der Waals surface area contributed by atoms with Gasteiger partial charge in [-0.2, -0.15) is 5.10 Å². The number of aryl methyl sites for hydroxylation is 2. The summed E-state index contributed by atoms with van der Waals surface area (Å²) in [5.74, 6) is -0.202. The number of hydrogen-bond acceptors (Lipinski definition) is 3. The van der Waals surface area contributed by atoms with Gasteiger partial charge in [-0.05, 0) is 6.07 Å². The minimum atomic E-state index is -0.202. The number of rotatable bonds is 2. The fraction of sp³-hybridized carbons (Fsp3) is 0.200. The van der Waals surface area contributed by atoms with Gasteiger partial charge in [0.15, 0.2) is 0 Å². The van der Waals surface area contributed by atoms with E-state index in [9.17, 15) is 4.79 Å². The van der Waals surface area contributed by atoms with Crippen LogP contribution in [0, 0.1) is 0 Å². The van der Waals surface area contributed by atoms with E-state index in [0.29, 0.717) is 17.1 Å². The first-order chi connectivity index (χ1) is 7.56. The Morgan fingerprint density at radius 3 is 2.69 bits per heavy atom. The van der Waals surface area contributed by atoms with Gasteiger partial charge in [-0.1, -0.05) is 0 Å². The molecule has 84 valence electrons. The molecule has 3 N–H and O–H groups in total. The first-order valence-electron chi connectivity index (χ1n) is 4.78. The summed E-state index contributed by atoms with van der Waals surface area (Å²) in [5, 5.41) is 6.70. The molecule has 0 radical (unpaired) electrons. The van der Waals surface area contributed by atoms with Crippen molar-refractivity contribution >= 4 is 17.3 Å². The average molecular weight is 219 g/mol. The van der Waals surface area contributed by atoms with Gasteiger partial charge in [0.25, 0.3) is 5.91 Å². The van der Waals surface area contributed by atoms with E-state index in [2.05, 4.69) is 10.4 Å². The molecule has 0 aromatic carbocycles. The van der Waals surface area contributed by atoms with Crippen LogP contribution in [0.3, 0.4) is 0 Å². The topological polar surface area (TPSA) is 77.9 Å². The Morgan fingerprint density at radius 2 is 2.19 bits per heavy atom. The molecule has 0 fully saturated rings. The smallest absolute Gasteiger partial charge is 0.272 e. The van der Waals surface area contributed by atoms with E-state index in [1.54, 1.807) is 48.0 Å². The molecular weight excluding hydrogens is 206 g/mol. The van der Waals surface area contributed by atoms with Crippen LogP contribution in [0.25, 0.3) is 0 Å². The van der Waals surface area contributed by atoms with Gasteiger partial charge >= 0.3 is 0 Å². The van der Waals surface area contributed by atoms with E-state index in [-0.39, 0.29) is 5.91 Å². The Bertz CT molecular complexity index is 525. The fourth-order valence-electron chi connectivity index (χ4n) is 1.50. The van der Waals surface area contributed by atoms with Crippen molar-refractivity contribution in [3.8, 4) is 0 Å². The second-order valence-electron chi connectivity index (χ2n) is 3.63. The molecule has 0 aliphatic heterocycles. The zero-order valence-electron chi connectivity index (χ0n) is 9.14. The lowest BCUT2D eigenvalue weighted by Crippen LogP contribution is -2.14. The highest BCUT2D eigenvalue weighted by molar-refractivity contribution is 6.03. The third kappa shape index (κ3) is 1.90. The summed E-state index contributed by atoms with van der Waals surface area (Å²) in [6.45, 7) is 0. The first-order valence-corrected chi connectivity index (χ1v) is 4.78. The quantitative estimate of drug-likeness (QED) is 0.776. The lowest BCUT2D eigenvalue weighted by Gasteiger charge is -2.02. The predicted molar refractivity (Wildman–Crippen MR) is 61.0 cm³/mol. The van der Waals surface area contributed by atoms with Crippen molar-refractivity contribution < 1.29 is 4.79 Å². The molecule has 0 aliphatic rings. The fourth-order valence-corrected chi connectivity index (χ4v) is 1.50. The second kappa shape index (κ2) is 3.73. The number of carbonyl (C=O) groups excluding carboxylic acids is 1. The van der Waals surface area contributed by atoms with E-state index in [4.69, 9.17) is 5.73 Å². The number of nitrogen functional groups attached to an aromatic ring is 1. The van der Waals surface area contributed by atoms with Crippen LogP contribution >= 0.6 is 0 Å². The second-order valence-corrected chi connectivity index (χ2v) is 3.63. The first kappa shape index (κ1) is 10.3. The van der Waals surface area contributed by atoms with Crippen LogP contribution in [-0.4, -0.2) is 20.3 Å². The van der Waals surface area contributed by atoms with Crippen LogP contribution in [0.5, 0.6) is 0 Å². The van der Waals surface area contributed by atoms with Crippen molar-refractivity contribution in [2.75, 3.05) is 11.1 Å². The Morgan fingerprint density at radius 1 is 1.44 bits per heavy atom. The highest BCUT2D eigenvalue weighted by atomic mass is 16.1. The van der Waals surface area contributed by atoms with E-state index in [1.165, 1.54) is 0 Å². The predicted octanol–water partition coefficient (Wildman–Crippen LogP) is 0.593. The van der Waals surface area contributed by atoms with E-state index >= 15 is 0 Å². The van der Waals surface area contributed by atoms with Gasteiger partial charge in [0.2, 0.25) is 0 Å². The number of nitrogens with one attached hydrogen (secondary N) is 1. The van der Waals surface area contributed by atoms with Crippen LogP contribution in [0.4, 0.5) is 11.4 Å². The lowest BCUT2D eigenvalue weighted by molar-refractivity contribution is 0.101. The van der Waals surface area contributed by atoms with Crippen molar-refractivity contribution in [1.82, 2.24) is 14.3 Å². The molecule has 1 amide bonds. The largest absolute Gasteiger partial charge is 0.397 e. The molecular formula is C10H13N5O. The molecule has 0 unspecified atom stereocenters. The van der Waals surface area contributed by atoms with Crippen molar-refractivity contribution in [2.24, 2.45) is 14.1 Å². The van der Waals surface area contributed by atoms with Crippen LogP contribution in [0.2, 0.25) is 0 Å². The summed E-state index contributed by atoms with van der Waals surface area (Å²) in [7, 11) is 3.56. The summed E-state index contributed by atoms with van der Waals surface area (Å²) >= 11 is 0. The highest BCUT2D eigenvalue weighted by Gasteiger charge is 2.11. The zero-order chi connectivity index (χ0) is 11.7. The van der Waals surface area contributed by atoms with Gasteiger partial charge in [-0.25, -0.2) is 0 Å². The normalized spacial score (nSPS) is 10.4. The SMILES string of the molecule is Cn1cc(NC(=O)c2cc(N)cn2C)cn1. The lowest BCUT2D eigenvalue weighted by atomic mass is 10.3. The summed E-state index contributed by atoms with van der Waals surface area (Å²) in [6.07, 6.45) is 5.01. The Kier molecular flexibility index (Phi) is 2.40. The Labute approximate surface area is 92.7 Å². The molecule has 2 aromatic heterocycles. The van der Waals surface area contributed by atoms with Crippen LogP contribution in [0.15, 0.2) is 24.7 Å². The van der Waals surface area contributed by atoms with Gasteiger partial charge in [0, 0.05) is 26.5 Å². The summed E-state index contributed by atoms with van der Waals surface area (Å²) in [6, 6.07) is 1.63. The number of aromatic nitrogens is 3. The number of nitrogens with two attached hydrogens (primary N) is 1. The monoisotopic (exact) mass is 219 g/mol. The molecule has 6 heteroatoms. The van der Waals surface area contributed by atoms with Gasteiger partial charge in [0.05, 0.1) is 17.6 Å². The maximum absolute atomic E-state index is 11.8. The summed E-state index contributed by atoms with van der Waals surface area (Å²) < 4.78 is 3.30. The van der Waals surface area contributed by atoms with Crippen molar-refractivity contribution in [3.63, 3.8) is 0 Å². The Balaban J connectivity index is 2.17. The molecule has 0 saturated heterocycles. The molecule has 2 rings (SSSR count). The average Bonchev–Trinajstić information content (AvgIpc) is 2.73. The van der Waals surface area contributed by atoms with Crippen molar-refractivity contribution in [1.29, 1.82) is 0 Å². The molecule has 6 nitrogen and oxygen atoms in total. The molecule has 0 spiro atoms. The van der Waals surface area contributed by atoms with Crippen LogP contribution in [-0.2, 0) is 14.1 Å². The molecule has 2 heterocycles. The van der Waals surface area contributed by atoms with Gasteiger partial charge < -0.3 is 15.6 Å². The van der Waals surface area contributed by atoms with E-state index in [0.717, 1.165) is 0 Å². The maximum Gasteiger partial charge on any atom is 0.272 e. The van der Waals surface area contributed by atoms with E-state index in [1.807, 2.05) is 0 Å². The summed E-state index contributed by atoms with van der Waals surface area (Å²) in [5.41, 5.74) is 7.34. The third-order valence-electron chi connectivity index (χ3n) is 2.22. The molecule has 0 atom stereocenters. The molecule has 0 aliphatic carbocycles. The minimum Gasteiger partial charge on any atom is -0.397 e. The Hall–Kier alpha value is -2.24. The number of hydrogen-bond donors (Lipinski definition) is 2. The summed E-state index contributed by atoms with van der Waals surface area (Å²) in [4.78, 5) is 11.8. The minimum absolute atomic E-state index is 0.202. The van der Waals surface area contributed by atoms with Gasteiger partial charge in [-0.15, -0.1) is 0 Å². The number of nitrogens with zero attached hydrogens (tertiary/aromatic N) is 3. The third-order valence-corrected chi connectivity index (χ3v) is 2.22. The molecule has 16 heavy (non-hydrogen) atoms. The maximum atomic E-state index is 11.8. The van der Waals surface area contributed by atoms with Gasteiger partial charge in [-0.3, -0.25) is 9.48 Å². The van der Waals surface area contributed by atoms with Crippen LogP contribution < -0.4 is 11.1 Å². The number of anilines is 2.